The van der Waals surface area contributed by atoms with Crippen LogP contribution >= 0.6 is 11.6 Å². The van der Waals surface area contributed by atoms with Gasteiger partial charge in [-0.3, -0.25) is 4.79 Å². The summed E-state index contributed by atoms with van der Waals surface area (Å²) in [6.07, 6.45) is -0.467. The number of hydrogen-bond acceptors (Lipinski definition) is 5. The van der Waals surface area contributed by atoms with Gasteiger partial charge < -0.3 is 9.47 Å². The van der Waals surface area contributed by atoms with Gasteiger partial charge in [0.25, 0.3) is 0 Å². The molecule has 6 heteroatoms. The van der Waals surface area contributed by atoms with E-state index in [1.807, 2.05) is 0 Å². The van der Waals surface area contributed by atoms with Crippen LogP contribution in [-0.4, -0.2) is 23.3 Å². The maximum absolute atomic E-state index is 10.8. The molecule has 1 aromatic rings. The Morgan fingerprint density at radius 3 is 2.73 bits per heavy atom. The van der Waals surface area contributed by atoms with Crippen molar-refractivity contribution >= 4 is 17.6 Å². The topological polar surface area (TPSA) is 61.3 Å². The van der Waals surface area contributed by atoms with E-state index < -0.39 is 6.10 Å². The highest BCUT2D eigenvalue weighted by atomic mass is 35.5. The first-order valence-corrected chi connectivity index (χ1v) is 4.66. The van der Waals surface area contributed by atoms with E-state index in [9.17, 15) is 4.79 Å². The van der Waals surface area contributed by atoms with E-state index in [2.05, 4.69) is 10.2 Å². The fourth-order valence-electron chi connectivity index (χ4n) is 1.13. The number of carbonyl (C=O) groups is 1. The molecule has 0 saturated carbocycles. The van der Waals surface area contributed by atoms with Crippen LogP contribution in [0.25, 0.3) is 0 Å². The van der Waals surface area contributed by atoms with E-state index in [-0.39, 0.29) is 11.1 Å². The molecule has 0 saturated heterocycles. The Morgan fingerprint density at radius 2 is 2.20 bits per heavy atom. The van der Waals surface area contributed by atoms with E-state index >= 15 is 0 Å². The van der Waals surface area contributed by atoms with Crippen LogP contribution in [0.3, 0.4) is 0 Å². The van der Waals surface area contributed by atoms with Crippen LogP contribution in [0.1, 0.15) is 25.5 Å². The summed E-state index contributed by atoms with van der Waals surface area (Å²) in [5, 5.41) is 7.58. The summed E-state index contributed by atoms with van der Waals surface area (Å²) in [6, 6.07) is 1.56. The van der Waals surface area contributed by atoms with Crippen molar-refractivity contribution in [2.75, 3.05) is 7.11 Å². The molecule has 0 fully saturated rings. The second-order valence-electron chi connectivity index (χ2n) is 2.88. The summed E-state index contributed by atoms with van der Waals surface area (Å²) in [5.74, 6) is -0.0781. The van der Waals surface area contributed by atoms with Gasteiger partial charge in [-0.2, -0.15) is 0 Å². The van der Waals surface area contributed by atoms with Crippen molar-refractivity contribution in [3.8, 4) is 5.88 Å². The maximum atomic E-state index is 10.8. The van der Waals surface area contributed by atoms with E-state index in [0.29, 0.717) is 11.4 Å². The molecule has 1 rings (SSSR count). The molecule has 5 nitrogen and oxygen atoms in total. The first kappa shape index (κ1) is 11.7. The third-order valence-electron chi connectivity index (χ3n) is 1.73. The van der Waals surface area contributed by atoms with Crippen molar-refractivity contribution in [1.82, 2.24) is 10.2 Å². The molecule has 0 aliphatic rings. The number of rotatable bonds is 3. The summed E-state index contributed by atoms with van der Waals surface area (Å²) in [4.78, 5) is 10.8. The fraction of sp³-hybridized carbons (Fsp3) is 0.444. The molecule has 82 valence electrons. The van der Waals surface area contributed by atoms with Crippen LogP contribution in [0.5, 0.6) is 5.88 Å². The highest BCUT2D eigenvalue weighted by molar-refractivity contribution is 6.29. The molecular formula is C9H11ClN2O3. The maximum Gasteiger partial charge on any atom is 0.303 e. The largest absolute Gasteiger partial charge is 0.480 e. The Balaban J connectivity index is 2.99. The lowest BCUT2D eigenvalue weighted by atomic mass is 10.2. The molecule has 15 heavy (non-hydrogen) atoms. The van der Waals surface area contributed by atoms with Crippen molar-refractivity contribution in [3.63, 3.8) is 0 Å². The zero-order valence-electron chi connectivity index (χ0n) is 8.65. The molecule has 0 aliphatic heterocycles. The average Bonchev–Trinajstić information content (AvgIpc) is 2.16. The van der Waals surface area contributed by atoms with Crippen molar-refractivity contribution in [1.29, 1.82) is 0 Å². The minimum Gasteiger partial charge on any atom is -0.480 e. The van der Waals surface area contributed by atoms with E-state index in [1.165, 1.54) is 14.0 Å². The van der Waals surface area contributed by atoms with Gasteiger partial charge >= 0.3 is 5.97 Å². The van der Waals surface area contributed by atoms with Gasteiger partial charge in [0.2, 0.25) is 5.88 Å². The summed E-state index contributed by atoms with van der Waals surface area (Å²) in [7, 11) is 1.46. The predicted octanol–water partition coefficient (Wildman–Crippen LogP) is 1.76. The van der Waals surface area contributed by atoms with Crippen molar-refractivity contribution < 1.29 is 14.3 Å². The lowest BCUT2D eigenvalue weighted by Gasteiger charge is -2.14. The van der Waals surface area contributed by atoms with Gasteiger partial charge in [-0.15, -0.1) is 10.2 Å². The summed E-state index contributed by atoms with van der Waals surface area (Å²) in [6.45, 7) is 3.04. The Hall–Kier alpha value is -1.36. The Labute approximate surface area is 92.4 Å². The summed E-state index contributed by atoms with van der Waals surface area (Å²) < 4.78 is 9.97. The van der Waals surface area contributed by atoms with Crippen molar-refractivity contribution in [3.05, 3.63) is 16.8 Å². The molecule has 1 aromatic heterocycles. The Morgan fingerprint density at radius 1 is 1.53 bits per heavy atom. The quantitative estimate of drug-likeness (QED) is 0.741. The van der Waals surface area contributed by atoms with E-state index in [0.717, 1.165) is 0 Å². The van der Waals surface area contributed by atoms with Crippen LogP contribution in [-0.2, 0) is 9.53 Å². The third kappa shape index (κ3) is 3.06. The lowest BCUT2D eigenvalue weighted by molar-refractivity contribution is -0.145. The molecule has 0 unspecified atom stereocenters. The van der Waals surface area contributed by atoms with Gasteiger partial charge in [-0.1, -0.05) is 11.6 Å². The summed E-state index contributed by atoms with van der Waals surface area (Å²) >= 11 is 5.68. The third-order valence-corrected chi connectivity index (χ3v) is 1.92. The molecule has 0 aliphatic carbocycles. The number of esters is 1. The molecule has 1 heterocycles. The molecule has 0 bridgehead atoms. The molecule has 0 aromatic carbocycles. The summed E-state index contributed by atoms with van der Waals surface area (Å²) in [5.41, 5.74) is 0.590. The van der Waals surface area contributed by atoms with Crippen molar-refractivity contribution in [2.24, 2.45) is 0 Å². The predicted molar refractivity (Wildman–Crippen MR) is 53.8 cm³/mol. The molecule has 0 N–H and O–H groups in total. The molecule has 0 spiro atoms. The monoisotopic (exact) mass is 230 g/mol. The van der Waals surface area contributed by atoms with Gasteiger partial charge in [0, 0.05) is 6.92 Å². The van der Waals surface area contributed by atoms with Crippen LogP contribution in [0.15, 0.2) is 6.07 Å². The van der Waals surface area contributed by atoms with Gasteiger partial charge in [-0.25, -0.2) is 0 Å². The highest BCUT2D eigenvalue weighted by Crippen LogP contribution is 2.26. The standard InChI is InChI=1S/C9H11ClN2O3/c1-5(15-6(2)13)7-4-8(10)11-12-9(7)14-3/h4-5H,1-3H3/t5-/m1/s1. The molecule has 0 amide bonds. The minimum atomic E-state index is -0.467. The zero-order chi connectivity index (χ0) is 11.4. The first-order valence-electron chi connectivity index (χ1n) is 4.29. The van der Waals surface area contributed by atoms with Gasteiger partial charge in [-0.05, 0) is 13.0 Å². The van der Waals surface area contributed by atoms with E-state index in [1.54, 1.807) is 13.0 Å². The van der Waals surface area contributed by atoms with Gasteiger partial charge in [0.15, 0.2) is 5.15 Å². The Kier molecular flexibility index (Phi) is 3.85. The van der Waals surface area contributed by atoms with Crippen LogP contribution in [0.2, 0.25) is 5.15 Å². The van der Waals surface area contributed by atoms with Gasteiger partial charge in [0.1, 0.15) is 6.10 Å². The van der Waals surface area contributed by atoms with Crippen LogP contribution < -0.4 is 4.74 Å². The van der Waals surface area contributed by atoms with Crippen molar-refractivity contribution in [2.45, 2.75) is 20.0 Å². The average molecular weight is 231 g/mol. The number of nitrogens with zero attached hydrogens (tertiary/aromatic N) is 2. The SMILES string of the molecule is COc1nnc(Cl)cc1[C@@H](C)OC(C)=O. The number of hydrogen-bond donors (Lipinski definition) is 0. The number of ether oxygens (including phenoxy) is 2. The number of carbonyl (C=O) groups excluding carboxylic acids is 1. The fourth-order valence-corrected chi connectivity index (χ4v) is 1.29. The molecule has 1 atom stereocenters. The first-order chi connectivity index (χ1) is 7.04. The zero-order valence-corrected chi connectivity index (χ0v) is 9.41. The number of methoxy groups -OCH3 is 1. The molecule has 0 radical (unpaired) electrons. The smallest absolute Gasteiger partial charge is 0.303 e. The molecular weight excluding hydrogens is 220 g/mol. The van der Waals surface area contributed by atoms with Crippen LogP contribution in [0, 0.1) is 0 Å². The lowest BCUT2D eigenvalue weighted by Crippen LogP contribution is -2.08. The van der Waals surface area contributed by atoms with E-state index in [4.69, 9.17) is 21.1 Å². The highest BCUT2D eigenvalue weighted by Gasteiger charge is 2.16. The second kappa shape index (κ2) is 4.93. The number of aromatic nitrogens is 2. The van der Waals surface area contributed by atoms with Crippen LogP contribution in [0.4, 0.5) is 0 Å². The Bertz CT molecular complexity index is 370. The minimum absolute atomic E-state index is 0.227. The number of halogens is 1. The normalized spacial score (nSPS) is 12.0. The second-order valence-corrected chi connectivity index (χ2v) is 3.27. The van der Waals surface area contributed by atoms with Gasteiger partial charge in [0.05, 0.1) is 12.7 Å².